The molecule has 1 N–H and O–H groups in total. The monoisotopic (exact) mass is 436 g/mol. The van der Waals surface area contributed by atoms with Crippen LogP contribution in [0.3, 0.4) is 0 Å². The molecule has 0 radical (unpaired) electrons. The molecule has 4 aromatic rings. The Morgan fingerprint density at radius 3 is 2.57 bits per heavy atom. The Kier molecular flexibility index (Phi) is 5.75. The van der Waals surface area contributed by atoms with Gasteiger partial charge in [-0.3, -0.25) is 4.79 Å². The normalized spacial score (nSPS) is 12.0. The molecule has 4 nitrogen and oxygen atoms in total. The number of aryl methyl sites for hydroxylation is 2. The van der Waals surface area contributed by atoms with E-state index in [2.05, 4.69) is 24.4 Å². The molecule has 0 aliphatic heterocycles. The lowest BCUT2D eigenvalue weighted by molar-refractivity contribution is -0.122. The molecule has 1 amide bonds. The first-order valence-corrected chi connectivity index (χ1v) is 10.8. The van der Waals surface area contributed by atoms with Crippen LogP contribution in [0.25, 0.3) is 20.8 Å². The van der Waals surface area contributed by atoms with Crippen molar-refractivity contribution < 1.29 is 9.53 Å². The second kappa shape index (κ2) is 8.46. The number of nitrogens with zero attached hydrogens (tertiary/aromatic N) is 1. The molecule has 6 heteroatoms. The average Bonchev–Trinajstić information content (AvgIpc) is 3.14. The Morgan fingerprint density at radius 1 is 1.07 bits per heavy atom. The Bertz CT molecular complexity index is 1220. The summed E-state index contributed by atoms with van der Waals surface area (Å²) in [4.78, 5) is 17.2. The van der Waals surface area contributed by atoms with Gasteiger partial charge in [-0.15, -0.1) is 11.3 Å². The van der Waals surface area contributed by atoms with Gasteiger partial charge in [0.15, 0.2) is 6.10 Å². The van der Waals surface area contributed by atoms with Crippen molar-refractivity contribution in [1.29, 1.82) is 0 Å². The summed E-state index contributed by atoms with van der Waals surface area (Å²) in [6.07, 6.45) is -0.641. The molecule has 3 aromatic carbocycles. The molecule has 0 saturated carbocycles. The van der Waals surface area contributed by atoms with Crippen molar-refractivity contribution in [2.45, 2.75) is 26.9 Å². The van der Waals surface area contributed by atoms with Crippen molar-refractivity contribution in [2.24, 2.45) is 0 Å². The Hall–Kier alpha value is -2.89. The van der Waals surface area contributed by atoms with Crippen LogP contribution in [0, 0.1) is 13.8 Å². The van der Waals surface area contributed by atoms with Crippen LogP contribution >= 0.6 is 22.9 Å². The lowest BCUT2D eigenvalue weighted by Crippen LogP contribution is -2.30. The number of hydrogen-bond acceptors (Lipinski definition) is 4. The molecule has 1 heterocycles. The van der Waals surface area contributed by atoms with Gasteiger partial charge >= 0.3 is 0 Å². The third-order valence-corrected chi connectivity index (χ3v) is 6.25. The van der Waals surface area contributed by atoms with E-state index in [0.29, 0.717) is 16.5 Å². The number of benzene rings is 3. The number of hydrogen-bond donors (Lipinski definition) is 1. The third kappa shape index (κ3) is 4.48. The molecular formula is C24H21ClN2O2S. The standard InChI is InChI=1S/C24H21ClN2O2S/c1-14-4-11-21-22(12-14)30-24(27-21)17-5-7-18(8-6-17)26-23(28)16(3)29-19-9-10-20(25)15(2)13-19/h4-13,16H,1-3H3,(H,26,28)/t16-/m0/s1. The summed E-state index contributed by atoms with van der Waals surface area (Å²) in [6.45, 7) is 5.69. The van der Waals surface area contributed by atoms with Gasteiger partial charge in [0.25, 0.3) is 5.91 Å². The van der Waals surface area contributed by atoms with Crippen molar-refractivity contribution >= 4 is 44.7 Å². The van der Waals surface area contributed by atoms with Gasteiger partial charge in [0, 0.05) is 16.3 Å². The minimum absolute atomic E-state index is 0.217. The van der Waals surface area contributed by atoms with Crippen LogP contribution in [0.4, 0.5) is 5.69 Å². The molecule has 4 rings (SSSR count). The summed E-state index contributed by atoms with van der Waals surface area (Å²) < 4.78 is 6.91. The topological polar surface area (TPSA) is 51.2 Å². The highest BCUT2D eigenvalue weighted by atomic mass is 35.5. The number of fused-ring (bicyclic) bond motifs is 1. The fourth-order valence-corrected chi connectivity index (χ4v) is 4.23. The van der Waals surface area contributed by atoms with Crippen LogP contribution in [0.15, 0.2) is 60.7 Å². The second-order valence-corrected chi connectivity index (χ2v) is 8.67. The lowest BCUT2D eigenvalue weighted by atomic mass is 10.2. The van der Waals surface area contributed by atoms with Gasteiger partial charge in [-0.1, -0.05) is 17.7 Å². The predicted molar refractivity (Wildman–Crippen MR) is 125 cm³/mol. The van der Waals surface area contributed by atoms with Gasteiger partial charge in [-0.05, 0) is 86.5 Å². The van der Waals surface area contributed by atoms with Gasteiger partial charge < -0.3 is 10.1 Å². The van der Waals surface area contributed by atoms with Gasteiger partial charge in [-0.25, -0.2) is 4.98 Å². The van der Waals surface area contributed by atoms with E-state index in [0.717, 1.165) is 21.7 Å². The number of halogens is 1. The van der Waals surface area contributed by atoms with Crippen LogP contribution < -0.4 is 10.1 Å². The second-order valence-electron chi connectivity index (χ2n) is 7.23. The predicted octanol–water partition coefficient (Wildman–Crippen LogP) is 6.64. The maximum atomic E-state index is 12.5. The molecular weight excluding hydrogens is 416 g/mol. The van der Waals surface area contributed by atoms with E-state index in [9.17, 15) is 4.79 Å². The highest BCUT2D eigenvalue weighted by molar-refractivity contribution is 7.21. The summed E-state index contributed by atoms with van der Waals surface area (Å²) in [5, 5.41) is 4.52. The highest BCUT2D eigenvalue weighted by Crippen LogP contribution is 2.31. The van der Waals surface area contributed by atoms with Crippen molar-refractivity contribution in [3.8, 4) is 16.3 Å². The maximum absolute atomic E-state index is 12.5. The smallest absolute Gasteiger partial charge is 0.265 e. The molecule has 0 spiro atoms. The van der Waals surface area contributed by atoms with Gasteiger partial charge in [0.2, 0.25) is 0 Å². The van der Waals surface area contributed by atoms with Crippen LogP contribution in [-0.4, -0.2) is 17.0 Å². The van der Waals surface area contributed by atoms with Crippen LogP contribution in [-0.2, 0) is 4.79 Å². The van der Waals surface area contributed by atoms with Crippen molar-refractivity contribution in [2.75, 3.05) is 5.32 Å². The molecule has 0 aliphatic rings. The Balaban J connectivity index is 1.43. The largest absolute Gasteiger partial charge is 0.481 e. The average molecular weight is 437 g/mol. The zero-order valence-corrected chi connectivity index (χ0v) is 18.5. The molecule has 0 fully saturated rings. The van der Waals surface area contributed by atoms with E-state index in [1.54, 1.807) is 30.4 Å². The molecule has 1 aromatic heterocycles. The Labute approximate surface area is 184 Å². The zero-order chi connectivity index (χ0) is 21.3. The first-order chi connectivity index (χ1) is 14.4. The number of carbonyl (C=O) groups excluding carboxylic acids is 1. The number of anilines is 1. The molecule has 30 heavy (non-hydrogen) atoms. The van der Waals surface area contributed by atoms with E-state index in [4.69, 9.17) is 21.3 Å². The SMILES string of the molecule is Cc1ccc2nc(-c3ccc(NC(=O)[C@H](C)Oc4ccc(Cl)c(C)c4)cc3)sc2c1. The lowest BCUT2D eigenvalue weighted by Gasteiger charge is -2.15. The molecule has 0 aliphatic carbocycles. The number of rotatable bonds is 5. The fraction of sp³-hybridized carbons (Fsp3) is 0.167. The van der Waals surface area contributed by atoms with Crippen LogP contribution in [0.5, 0.6) is 5.75 Å². The number of aromatic nitrogens is 1. The van der Waals surface area contributed by atoms with E-state index in [1.165, 1.54) is 10.3 Å². The molecule has 0 saturated heterocycles. The maximum Gasteiger partial charge on any atom is 0.265 e. The first-order valence-electron chi connectivity index (χ1n) is 9.60. The van der Waals surface area contributed by atoms with E-state index in [-0.39, 0.29) is 5.91 Å². The van der Waals surface area contributed by atoms with Gasteiger partial charge in [-0.2, -0.15) is 0 Å². The highest BCUT2D eigenvalue weighted by Gasteiger charge is 2.15. The number of thiazole rings is 1. The molecule has 0 unspecified atom stereocenters. The number of ether oxygens (including phenoxy) is 1. The first kappa shape index (κ1) is 20.4. The quantitative estimate of drug-likeness (QED) is 0.381. The van der Waals surface area contributed by atoms with Crippen molar-refractivity contribution in [3.63, 3.8) is 0 Å². The van der Waals surface area contributed by atoms with Crippen molar-refractivity contribution in [1.82, 2.24) is 4.98 Å². The van der Waals surface area contributed by atoms with Gasteiger partial charge in [0.1, 0.15) is 10.8 Å². The number of amides is 1. The zero-order valence-electron chi connectivity index (χ0n) is 16.9. The number of nitrogens with one attached hydrogen (secondary N) is 1. The van der Waals surface area contributed by atoms with E-state index < -0.39 is 6.10 Å². The molecule has 0 bridgehead atoms. The summed E-state index contributed by atoms with van der Waals surface area (Å²) in [7, 11) is 0. The van der Waals surface area contributed by atoms with Crippen LogP contribution in [0.1, 0.15) is 18.1 Å². The van der Waals surface area contributed by atoms with E-state index in [1.807, 2.05) is 43.3 Å². The fourth-order valence-electron chi connectivity index (χ4n) is 3.04. The third-order valence-electron chi connectivity index (χ3n) is 4.75. The summed E-state index contributed by atoms with van der Waals surface area (Å²) >= 11 is 7.70. The minimum Gasteiger partial charge on any atom is -0.481 e. The van der Waals surface area contributed by atoms with Crippen LogP contribution in [0.2, 0.25) is 5.02 Å². The summed E-state index contributed by atoms with van der Waals surface area (Å²) in [5.41, 5.74) is 4.86. The molecule has 152 valence electrons. The van der Waals surface area contributed by atoms with Crippen molar-refractivity contribution in [3.05, 3.63) is 76.8 Å². The Morgan fingerprint density at radius 2 is 1.83 bits per heavy atom. The summed E-state index contributed by atoms with van der Waals surface area (Å²) in [5.74, 6) is 0.395. The molecule has 1 atom stereocenters. The summed E-state index contributed by atoms with van der Waals surface area (Å²) in [6, 6.07) is 19.3. The minimum atomic E-state index is -0.641. The number of carbonyl (C=O) groups is 1. The van der Waals surface area contributed by atoms with Gasteiger partial charge in [0.05, 0.1) is 10.2 Å². The van der Waals surface area contributed by atoms with E-state index >= 15 is 0 Å².